The van der Waals surface area contributed by atoms with E-state index in [1.54, 1.807) is 11.8 Å². The number of nitrogens with zero attached hydrogens (tertiary/aromatic N) is 3. The van der Waals surface area contributed by atoms with Gasteiger partial charge in [0.2, 0.25) is 5.82 Å². The zero-order valence-corrected chi connectivity index (χ0v) is 14.3. The van der Waals surface area contributed by atoms with Gasteiger partial charge < -0.3 is 10.1 Å². The van der Waals surface area contributed by atoms with Gasteiger partial charge in [0.25, 0.3) is 5.91 Å². The van der Waals surface area contributed by atoms with E-state index in [0.29, 0.717) is 19.0 Å². The lowest BCUT2D eigenvalue weighted by atomic mass is 10.2. The molecule has 1 amide bonds. The molecule has 25 heavy (non-hydrogen) atoms. The second-order valence-electron chi connectivity index (χ2n) is 5.57. The third-order valence-electron chi connectivity index (χ3n) is 3.78. The maximum atomic E-state index is 12.3. The van der Waals surface area contributed by atoms with Gasteiger partial charge in [-0.2, -0.15) is 0 Å². The van der Waals surface area contributed by atoms with Crippen molar-refractivity contribution >= 4 is 5.91 Å². The minimum Gasteiger partial charge on any atom is -0.383 e. The van der Waals surface area contributed by atoms with E-state index in [4.69, 9.17) is 4.74 Å². The Morgan fingerprint density at radius 2 is 1.84 bits per heavy atom. The van der Waals surface area contributed by atoms with Crippen molar-refractivity contribution in [1.82, 2.24) is 20.1 Å². The van der Waals surface area contributed by atoms with Crippen LogP contribution in [0.15, 0.2) is 54.6 Å². The van der Waals surface area contributed by atoms with Gasteiger partial charge >= 0.3 is 0 Å². The summed E-state index contributed by atoms with van der Waals surface area (Å²) in [5.74, 6) is 0.451. The van der Waals surface area contributed by atoms with Crippen LogP contribution in [0.3, 0.4) is 0 Å². The van der Waals surface area contributed by atoms with Crippen molar-refractivity contribution in [3.63, 3.8) is 0 Å². The topological polar surface area (TPSA) is 69.0 Å². The number of methoxy groups -OCH3 is 1. The van der Waals surface area contributed by atoms with Gasteiger partial charge in [-0.15, -0.1) is 5.10 Å². The van der Waals surface area contributed by atoms with Crippen molar-refractivity contribution < 1.29 is 9.53 Å². The molecule has 0 spiro atoms. The van der Waals surface area contributed by atoms with Crippen LogP contribution in [0.2, 0.25) is 0 Å². The van der Waals surface area contributed by atoms with E-state index in [1.165, 1.54) is 0 Å². The van der Waals surface area contributed by atoms with Gasteiger partial charge in [-0.1, -0.05) is 48.5 Å². The highest BCUT2D eigenvalue weighted by Gasteiger charge is 2.19. The fourth-order valence-corrected chi connectivity index (χ4v) is 2.50. The first-order valence-corrected chi connectivity index (χ1v) is 8.06. The first kappa shape index (κ1) is 16.9. The Hall–Kier alpha value is -2.99. The first-order chi connectivity index (χ1) is 12.2. The Labute approximate surface area is 146 Å². The third-order valence-corrected chi connectivity index (χ3v) is 3.78. The van der Waals surface area contributed by atoms with E-state index in [9.17, 15) is 4.79 Å². The molecule has 128 valence electrons. The predicted molar refractivity (Wildman–Crippen MR) is 95.7 cm³/mol. The molecule has 6 heteroatoms. The van der Waals surface area contributed by atoms with Crippen LogP contribution in [0, 0.1) is 6.92 Å². The number of aromatic nitrogens is 3. The van der Waals surface area contributed by atoms with E-state index < -0.39 is 0 Å². The molecular weight excluding hydrogens is 316 g/mol. The Morgan fingerprint density at radius 3 is 2.56 bits per heavy atom. The summed E-state index contributed by atoms with van der Waals surface area (Å²) in [4.78, 5) is 16.8. The lowest BCUT2D eigenvalue weighted by Crippen LogP contribution is -2.28. The number of nitrogens with one attached hydrogen (secondary N) is 1. The number of amides is 1. The smallest absolute Gasteiger partial charge is 0.291 e. The number of hydrogen-bond donors (Lipinski definition) is 1. The average molecular weight is 336 g/mol. The Kier molecular flexibility index (Phi) is 5.20. The molecule has 3 rings (SSSR count). The number of para-hydroxylation sites is 1. The molecular formula is C19H20N4O2. The Balaban J connectivity index is 2.03. The van der Waals surface area contributed by atoms with Crippen molar-refractivity contribution in [3.8, 4) is 17.1 Å². The van der Waals surface area contributed by atoms with Gasteiger partial charge in [0, 0.05) is 19.2 Å². The summed E-state index contributed by atoms with van der Waals surface area (Å²) in [6, 6.07) is 17.6. The normalized spacial score (nSPS) is 10.6. The van der Waals surface area contributed by atoms with E-state index in [2.05, 4.69) is 15.4 Å². The molecule has 1 aromatic heterocycles. The van der Waals surface area contributed by atoms with Gasteiger partial charge in [-0.25, -0.2) is 9.67 Å². The zero-order valence-electron chi connectivity index (χ0n) is 14.3. The molecule has 0 saturated carbocycles. The fraction of sp³-hybridized carbons (Fsp3) is 0.211. The third kappa shape index (κ3) is 3.75. The van der Waals surface area contributed by atoms with Gasteiger partial charge in [0.05, 0.1) is 12.3 Å². The molecule has 3 aromatic rings. The highest BCUT2D eigenvalue weighted by molar-refractivity contribution is 5.91. The molecule has 0 unspecified atom stereocenters. The Morgan fingerprint density at radius 1 is 1.12 bits per heavy atom. The predicted octanol–water partition coefficient (Wildman–Crippen LogP) is 2.62. The molecule has 0 aliphatic rings. The van der Waals surface area contributed by atoms with Crippen molar-refractivity contribution in [2.45, 2.75) is 6.92 Å². The van der Waals surface area contributed by atoms with Gasteiger partial charge in [-0.3, -0.25) is 4.79 Å². The second kappa shape index (κ2) is 7.72. The van der Waals surface area contributed by atoms with Gasteiger partial charge in [0.1, 0.15) is 0 Å². The monoisotopic (exact) mass is 336 g/mol. The molecule has 1 heterocycles. The number of aryl methyl sites for hydroxylation is 1. The number of hydrogen-bond acceptors (Lipinski definition) is 4. The molecule has 0 aliphatic heterocycles. The highest BCUT2D eigenvalue weighted by Crippen LogP contribution is 2.22. The summed E-state index contributed by atoms with van der Waals surface area (Å²) < 4.78 is 6.67. The van der Waals surface area contributed by atoms with Crippen LogP contribution in [0.5, 0.6) is 0 Å². The van der Waals surface area contributed by atoms with E-state index >= 15 is 0 Å². The van der Waals surface area contributed by atoms with Crippen LogP contribution >= 0.6 is 0 Å². The molecule has 0 bridgehead atoms. The van der Waals surface area contributed by atoms with Crippen LogP contribution in [0.1, 0.15) is 16.2 Å². The quantitative estimate of drug-likeness (QED) is 0.703. The molecule has 0 saturated heterocycles. The van der Waals surface area contributed by atoms with Crippen molar-refractivity contribution in [2.24, 2.45) is 0 Å². The SMILES string of the molecule is COCCNC(=O)c1nc(-c2ccccc2)n(-c2ccccc2C)n1. The summed E-state index contributed by atoms with van der Waals surface area (Å²) >= 11 is 0. The van der Waals surface area contributed by atoms with Crippen LogP contribution in [0.4, 0.5) is 0 Å². The lowest BCUT2D eigenvalue weighted by Gasteiger charge is -2.08. The molecule has 6 nitrogen and oxygen atoms in total. The highest BCUT2D eigenvalue weighted by atomic mass is 16.5. The number of benzene rings is 2. The lowest BCUT2D eigenvalue weighted by molar-refractivity contribution is 0.0927. The summed E-state index contributed by atoms with van der Waals surface area (Å²) in [6.07, 6.45) is 0. The fourth-order valence-electron chi connectivity index (χ4n) is 2.50. The number of ether oxygens (including phenoxy) is 1. The zero-order chi connectivity index (χ0) is 17.6. The van der Waals surface area contributed by atoms with Crippen LogP contribution in [-0.4, -0.2) is 40.9 Å². The summed E-state index contributed by atoms with van der Waals surface area (Å²) in [6.45, 7) is 2.86. The number of carbonyl (C=O) groups excluding carboxylic acids is 1. The summed E-state index contributed by atoms with van der Waals surface area (Å²) in [5, 5.41) is 7.20. The van der Waals surface area contributed by atoms with E-state index in [-0.39, 0.29) is 11.7 Å². The van der Waals surface area contributed by atoms with Crippen molar-refractivity contribution in [1.29, 1.82) is 0 Å². The molecule has 0 atom stereocenters. The standard InChI is InChI=1S/C19H20N4O2/c1-14-8-6-7-11-16(14)23-18(15-9-4-3-5-10-15)21-17(22-23)19(24)20-12-13-25-2/h3-11H,12-13H2,1-2H3,(H,20,24). The number of rotatable bonds is 6. The van der Waals surface area contributed by atoms with Gasteiger partial charge in [-0.05, 0) is 18.6 Å². The van der Waals surface area contributed by atoms with E-state index in [1.807, 2.05) is 61.5 Å². The summed E-state index contributed by atoms with van der Waals surface area (Å²) in [5.41, 5.74) is 2.84. The maximum Gasteiger partial charge on any atom is 0.291 e. The molecule has 0 aliphatic carbocycles. The minimum absolute atomic E-state index is 0.137. The van der Waals surface area contributed by atoms with Gasteiger partial charge in [0.15, 0.2) is 5.82 Å². The van der Waals surface area contributed by atoms with Crippen LogP contribution in [-0.2, 0) is 4.74 Å². The van der Waals surface area contributed by atoms with Crippen molar-refractivity contribution in [2.75, 3.05) is 20.3 Å². The van der Waals surface area contributed by atoms with Crippen molar-refractivity contribution in [3.05, 3.63) is 66.0 Å². The number of carbonyl (C=O) groups is 1. The summed E-state index contributed by atoms with van der Waals surface area (Å²) in [7, 11) is 1.59. The Bertz CT molecular complexity index is 859. The molecule has 0 fully saturated rings. The van der Waals surface area contributed by atoms with Crippen LogP contribution in [0.25, 0.3) is 17.1 Å². The molecule has 2 aromatic carbocycles. The largest absolute Gasteiger partial charge is 0.383 e. The van der Waals surface area contributed by atoms with Crippen LogP contribution < -0.4 is 5.32 Å². The molecule has 1 N–H and O–H groups in total. The minimum atomic E-state index is -0.318. The van der Waals surface area contributed by atoms with E-state index in [0.717, 1.165) is 16.8 Å². The average Bonchev–Trinajstić information content (AvgIpc) is 3.08. The first-order valence-electron chi connectivity index (χ1n) is 8.06. The second-order valence-corrected chi connectivity index (χ2v) is 5.57. The molecule has 0 radical (unpaired) electrons. The maximum absolute atomic E-state index is 12.3.